The van der Waals surface area contributed by atoms with E-state index in [1.54, 1.807) is 0 Å². The van der Waals surface area contributed by atoms with Gasteiger partial charge in [0.05, 0.1) is 17.6 Å². The molecule has 21 heavy (non-hydrogen) atoms. The molecule has 0 spiro atoms. The first-order valence-electron chi connectivity index (χ1n) is 7.04. The van der Waals surface area contributed by atoms with Crippen LogP contribution in [0.2, 0.25) is 0 Å². The van der Waals surface area contributed by atoms with Crippen molar-refractivity contribution in [1.82, 2.24) is 14.9 Å². The monoisotopic (exact) mass is 283 g/mol. The molecule has 0 aliphatic carbocycles. The number of hydrogen-bond acceptors (Lipinski definition) is 2. The van der Waals surface area contributed by atoms with Crippen LogP contribution >= 0.6 is 0 Å². The summed E-state index contributed by atoms with van der Waals surface area (Å²) < 4.78 is 15.0. The Bertz CT molecular complexity index is 746. The molecule has 1 heterocycles. The predicted octanol–water partition coefficient (Wildman–Crippen LogP) is 3.56. The Kier molecular flexibility index (Phi) is 3.71. The lowest BCUT2D eigenvalue weighted by Crippen LogP contribution is -2.20. The molecule has 3 rings (SSSR count). The molecule has 108 valence electrons. The third-order valence-electron chi connectivity index (χ3n) is 3.82. The molecule has 2 aromatic carbocycles. The van der Waals surface area contributed by atoms with Crippen LogP contribution in [0.1, 0.15) is 24.4 Å². The molecule has 0 unspecified atom stereocenters. The Labute approximate surface area is 123 Å². The SMILES string of the molecule is C[C@H](NCc1nc2ccccc2n1C)c1ccc(F)cc1. The van der Waals surface area contributed by atoms with E-state index in [0.717, 1.165) is 22.4 Å². The molecule has 0 amide bonds. The maximum atomic E-state index is 12.9. The summed E-state index contributed by atoms with van der Waals surface area (Å²) in [7, 11) is 2.02. The Morgan fingerprint density at radius 3 is 2.57 bits per heavy atom. The van der Waals surface area contributed by atoms with Gasteiger partial charge in [-0.15, -0.1) is 0 Å². The second kappa shape index (κ2) is 5.66. The lowest BCUT2D eigenvalue weighted by molar-refractivity contribution is 0.549. The topological polar surface area (TPSA) is 29.9 Å². The van der Waals surface area contributed by atoms with Gasteiger partial charge in [-0.3, -0.25) is 0 Å². The standard InChI is InChI=1S/C17H18FN3/c1-12(13-7-9-14(18)10-8-13)19-11-17-20-15-5-3-4-6-16(15)21(17)2/h3-10,12,19H,11H2,1-2H3/t12-/m0/s1. The van der Waals surface area contributed by atoms with Gasteiger partial charge in [0, 0.05) is 13.1 Å². The second-order valence-corrected chi connectivity index (χ2v) is 5.23. The van der Waals surface area contributed by atoms with E-state index in [4.69, 9.17) is 0 Å². The summed E-state index contributed by atoms with van der Waals surface area (Å²) in [4.78, 5) is 4.63. The van der Waals surface area contributed by atoms with Crippen molar-refractivity contribution in [3.63, 3.8) is 0 Å². The molecule has 3 aromatic rings. The summed E-state index contributed by atoms with van der Waals surface area (Å²) in [6.07, 6.45) is 0. The second-order valence-electron chi connectivity index (χ2n) is 5.23. The van der Waals surface area contributed by atoms with Gasteiger partial charge < -0.3 is 9.88 Å². The molecule has 0 radical (unpaired) electrons. The zero-order valence-corrected chi connectivity index (χ0v) is 12.2. The van der Waals surface area contributed by atoms with Crippen LogP contribution in [-0.2, 0) is 13.6 Å². The Morgan fingerprint density at radius 2 is 1.86 bits per heavy atom. The van der Waals surface area contributed by atoms with E-state index >= 15 is 0 Å². The quantitative estimate of drug-likeness (QED) is 0.793. The number of fused-ring (bicyclic) bond motifs is 1. The molecule has 0 fully saturated rings. The lowest BCUT2D eigenvalue weighted by Gasteiger charge is -2.14. The van der Waals surface area contributed by atoms with E-state index in [2.05, 4.69) is 27.9 Å². The van der Waals surface area contributed by atoms with Gasteiger partial charge in [0.25, 0.3) is 0 Å². The van der Waals surface area contributed by atoms with Gasteiger partial charge in [0.2, 0.25) is 0 Å². The number of hydrogen-bond donors (Lipinski definition) is 1. The number of nitrogens with zero attached hydrogens (tertiary/aromatic N) is 2. The van der Waals surface area contributed by atoms with Crippen LogP contribution in [0.5, 0.6) is 0 Å². The number of nitrogens with one attached hydrogen (secondary N) is 1. The first-order valence-corrected chi connectivity index (χ1v) is 7.04. The zero-order chi connectivity index (χ0) is 14.8. The summed E-state index contributed by atoms with van der Waals surface area (Å²) >= 11 is 0. The van der Waals surface area contributed by atoms with Crippen LogP contribution in [-0.4, -0.2) is 9.55 Å². The highest BCUT2D eigenvalue weighted by atomic mass is 19.1. The molecule has 3 nitrogen and oxygen atoms in total. The molecule has 1 aromatic heterocycles. The third-order valence-corrected chi connectivity index (χ3v) is 3.82. The van der Waals surface area contributed by atoms with Crippen LogP contribution in [0.4, 0.5) is 4.39 Å². The summed E-state index contributed by atoms with van der Waals surface area (Å²) in [5.41, 5.74) is 3.20. The van der Waals surface area contributed by atoms with Gasteiger partial charge in [-0.25, -0.2) is 9.37 Å². The number of benzene rings is 2. The summed E-state index contributed by atoms with van der Waals surface area (Å²) in [6.45, 7) is 2.74. The normalized spacial score (nSPS) is 12.7. The zero-order valence-electron chi connectivity index (χ0n) is 12.2. The smallest absolute Gasteiger partial charge is 0.123 e. The Hall–Kier alpha value is -2.20. The maximum absolute atomic E-state index is 12.9. The highest BCUT2D eigenvalue weighted by Crippen LogP contribution is 2.16. The first-order chi connectivity index (χ1) is 10.1. The van der Waals surface area contributed by atoms with Crippen molar-refractivity contribution in [3.05, 3.63) is 65.7 Å². The van der Waals surface area contributed by atoms with E-state index in [1.165, 1.54) is 12.1 Å². The molecule has 1 N–H and O–H groups in total. The molecular weight excluding hydrogens is 265 g/mol. The van der Waals surface area contributed by atoms with Gasteiger partial charge in [-0.05, 0) is 36.8 Å². The number of aryl methyl sites for hydroxylation is 1. The van der Waals surface area contributed by atoms with E-state index in [9.17, 15) is 4.39 Å². The molecule has 0 saturated carbocycles. The van der Waals surface area contributed by atoms with E-state index in [-0.39, 0.29) is 11.9 Å². The van der Waals surface area contributed by atoms with Crippen LogP contribution in [0.15, 0.2) is 48.5 Å². The third kappa shape index (κ3) is 2.81. The van der Waals surface area contributed by atoms with Crippen LogP contribution < -0.4 is 5.32 Å². The van der Waals surface area contributed by atoms with Gasteiger partial charge in [0.1, 0.15) is 11.6 Å². The number of aromatic nitrogens is 2. The van der Waals surface area contributed by atoms with Crippen molar-refractivity contribution in [2.24, 2.45) is 7.05 Å². The van der Waals surface area contributed by atoms with Gasteiger partial charge in [-0.2, -0.15) is 0 Å². The molecule has 0 aliphatic rings. The van der Waals surface area contributed by atoms with Crippen LogP contribution in [0.25, 0.3) is 11.0 Å². The average molecular weight is 283 g/mol. The molecule has 0 saturated heterocycles. The fraction of sp³-hybridized carbons (Fsp3) is 0.235. The maximum Gasteiger partial charge on any atom is 0.123 e. The van der Waals surface area contributed by atoms with Gasteiger partial charge in [0.15, 0.2) is 0 Å². The van der Waals surface area contributed by atoms with Crippen molar-refractivity contribution in [2.45, 2.75) is 19.5 Å². The number of halogens is 1. The highest BCUT2D eigenvalue weighted by molar-refractivity contribution is 5.75. The van der Waals surface area contributed by atoms with Crippen molar-refractivity contribution >= 4 is 11.0 Å². The molecule has 0 aliphatic heterocycles. The van der Waals surface area contributed by atoms with Crippen molar-refractivity contribution in [1.29, 1.82) is 0 Å². The number of para-hydroxylation sites is 2. The lowest BCUT2D eigenvalue weighted by atomic mass is 10.1. The largest absolute Gasteiger partial charge is 0.330 e. The van der Waals surface area contributed by atoms with Crippen LogP contribution in [0, 0.1) is 5.82 Å². The molecule has 1 atom stereocenters. The van der Waals surface area contributed by atoms with E-state index in [1.807, 2.05) is 37.4 Å². The minimum absolute atomic E-state index is 0.144. The predicted molar refractivity (Wildman–Crippen MR) is 82.4 cm³/mol. The van der Waals surface area contributed by atoms with Crippen molar-refractivity contribution in [2.75, 3.05) is 0 Å². The van der Waals surface area contributed by atoms with E-state index < -0.39 is 0 Å². The minimum atomic E-state index is -0.207. The Balaban J connectivity index is 1.74. The fourth-order valence-corrected chi connectivity index (χ4v) is 2.47. The molecule has 0 bridgehead atoms. The summed E-state index contributed by atoms with van der Waals surface area (Å²) in [5.74, 6) is 0.784. The average Bonchev–Trinajstić information content (AvgIpc) is 2.82. The summed E-state index contributed by atoms with van der Waals surface area (Å²) in [5, 5.41) is 3.43. The molecule has 4 heteroatoms. The number of imidazole rings is 1. The molecular formula is C17H18FN3. The fourth-order valence-electron chi connectivity index (χ4n) is 2.47. The summed E-state index contributed by atoms with van der Waals surface area (Å²) in [6, 6.07) is 14.8. The van der Waals surface area contributed by atoms with E-state index in [0.29, 0.717) is 6.54 Å². The first kappa shape index (κ1) is 13.8. The Morgan fingerprint density at radius 1 is 1.14 bits per heavy atom. The minimum Gasteiger partial charge on any atom is -0.330 e. The van der Waals surface area contributed by atoms with Gasteiger partial charge >= 0.3 is 0 Å². The highest BCUT2D eigenvalue weighted by Gasteiger charge is 2.09. The van der Waals surface area contributed by atoms with Crippen LogP contribution in [0.3, 0.4) is 0 Å². The van der Waals surface area contributed by atoms with Crippen molar-refractivity contribution < 1.29 is 4.39 Å². The van der Waals surface area contributed by atoms with Gasteiger partial charge in [-0.1, -0.05) is 24.3 Å². The number of rotatable bonds is 4. The van der Waals surface area contributed by atoms with Crippen molar-refractivity contribution in [3.8, 4) is 0 Å².